The summed E-state index contributed by atoms with van der Waals surface area (Å²) in [7, 11) is 1.66. The lowest BCUT2D eigenvalue weighted by atomic mass is 9.69. The molecule has 4 rings (SSSR count). The van der Waals surface area contributed by atoms with E-state index in [4.69, 9.17) is 9.15 Å². The first kappa shape index (κ1) is 24.5. The van der Waals surface area contributed by atoms with Crippen LogP contribution in [0.4, 0.5) is 0 Å². The highest BCUT2D eigenvalue weighted by Crippen LogP contribution is 2.39. The van der Waals surface area contributed by atoms with Gasteiger partial charge in [0.1, 0.15) is 5.75 Å². The summed E-state index contributed by atoms with van der Waals surface area (Å²) >= 11 is 0. The van der Waals surface area contributed by atoms with Gasteiger partial charge < -0.3 is 19.4 Å². The number of carbonyl (C=O) groups is 1. The quantitative estimate of drug-likeness (QED) is 0.583. The third kappa shape index (κ3) is 5.87. The number of ether oxygens (including phenoxy) is 1. The summed E-state index contributed by atoms with van der Waals surface area (Å²) in [4.78, 5) is 13.9. The molecule has 2 heterocycles. The Balaban J connectivity index is 1.41. The Morgan fingerprint density at radius 1 is 1.26 bits per heavy atom. The smallest absolute Gasteiger partial charge is 0.247 e. The zero-order valence-corrected chi connectivity index (χ0v) is 21.1. The summed E-state index contributed by atoms with van der Waals surface area (Å²) in [5, 5.41) is 11.7. The normalized spacial score (nSPS) is 25.4. The Bertz CT molecular complexity index is 998. The first-order valence-corrected chi connectivity index (χ1v) is 12.5. The molecule has 0 bridgehead atoms. The number of nitrogens with zero attached hydrogens (tertiary/aromatic N) is 3. The number of allylic oxidation sites excluding steroid dienone is 1. The summed E-state index contributed by atoms with van der Waals surface area (Å²) in [5.41, 5.74) is 2.32. The molecule has 1 amide bonds. The molecule has 4 unspecified atom stereocenters. The average Bonchev–Trinajstić information content (AvgIpc) is 3.44. The third-order valence-electron chi connectivity index (χ3n) is 7.46. The summed E-state index contributed by atoms with van der Waals surface area (Å²) in [5.74, 6) is 4.28. The monoisotopic (exact) mass is 466 g/mol. The molecule has 1 N–H and O–H groups in total. The van der Waals surface area contributed by atoms with Crippen molar-refractivity contribution in [2.45, 2.75) is 53.0 Å². The Hall–Kier alpha value is -2.67. The van der Waals surface area contributed by atoms with Crippen LogP contribution in [0.2, 0.25) is 0 Å². The molecule has 1 aliphatic heterocycles. The third-order valence-corrected chi connectivity index (χ3v) is 7.46. The van der Waals surface area contributed by atoms with Gasteiger partial charge in [0.15, 0.2) is 0 Å². The number of rotatable bonds is 8. The van der Waals surface area contributed by atoms with Crippen LogP contribution in [-0.4, -0.2) is 53.8 Å². The van der Waals surface area contributed by atoms with Crippen LogP contribution in [0, 0.1) is 23.7 Å². The molecule has 1 fully saturated rings. The molecule has 0 spiro atoms. The van der Waals surface area contributed by atoms with Crippen LogP contribution < -0.4 is 10.1 Å². The van der Waals surface area contributed by atoms with Gasteiger partial charge in [0.25, 0.3) is 0 Å². The summed E-state index contributed by atoms with van der Waals surface area (Å²) in [6.07, 6.45) is 5.44. The Morgan fingerprint density at radius 2 is 2.03 bits per heavy atom. The van der Waals surface area contributed by atoms with E-state index in [0.717, 1.165) is 50.2 Å². The van der Waals surface area contributed by atoms with E-state index in [9.17, 15) is 4.79 Å². The number of aromatic nitrogens is 2. The molecular formula is C27H38N4O3. The topological polar surface area (TPSA) is 80.5 Å². The molecule has 1 aromatic carbocycles. The molecule has 0 radical (unpaired) electrons. The molecule has 7 nitrogen and oxygen atoms in total. The standard InChI is InChI=1S/C27H38N4O3/c1-17(2)25-13-21(14-26-29-30-27(34-26)20-6-8-24(33-5)9-7-20)18(3)12-22(25)15-31-11-10-23(16-31)28-19(4)32/h6-9,12,17,21-23,25H,10-11,13-16H2,1-5H3,(H,28,32). The van der Waals surface area contributed by atoms with Gasteiger partial charge in [0.2, 0.25) is 17.7 Å². The Kier molecular flexibility index (Phi) is 7.71. The van der Waals surface area contributed by atoms with Gasteiger partial charge in [0, 0.05) is 44.6 Å². The van der Waals surface area contributed by atoms with Gasteiger partial charge in [-0.25, -0.2) is 0 Å². The lowest BCUT2D eigenvalue weighted by molar-refractivity contribution is -0.119. The lowest BCUT2D eigenvalue weighted by Gasteiger charge is -2.38. The van der Waals surface area contributed by atoms with Crippen molar-refractivity contribution in [1.82, 2.24) is 20.4 Å². The maximum atomic E-state index is 11.4. The number of methoxy groups -OCH3 is 1. The van der Waals surface area contributed by atoms with Crippen LogP contribution in [0.3, 0.4) is 0 Å². The van der Waals surface area contributed by atoms with Crippen LogP contribution in [0.15, 0.2) is 40.3 Å². The molecular weight excluding hydrogens is 428 g/mol. The van der Waals surface area contributed by atoms with Crippen molar-refractivity contribution < 1.29 is 13.9 Å². The molecule has 1 aromatic heterocycles. The Morgan fingerprint density at radius 3 is 2.71 bits per heavy atom. The van der Waals surface area contributed by atoms with E-state index in [1.807, 2.05) is 24.3 Å². The van der Waals surface area contributed by atoms with Crippen LogP contribution in [0.5, 0.6) is 5.75 Å². The second kappa shape index (κ2) is 10.7. The second-order valence-electron chi connectivity index (χ2n) is 10.3. The highest BCUT2D eigenvalue weighted by atomic mass is 16.5. The van der Waals surface area contributed by atoms with Gasteiger partial charge >= 0.3 is 0 Å². The fraction of sp³-hybridized carbons (Fsp3) is 0.593. The minimum absolute atomic E-state index is 0.0688. The predicted octanol–water partition coefficient (Wildman–Crippen LogP) is 4.35. The number of hydrogen-bond acceptors (Lipinski definition) is 6. The summed E-state index contributed by atoms with van der Waals surface area (Å²) < 4.78 is 11.3. The van der Waals surface area contributed by atoms with E-state index in [-0.39, 0.29) is 11.9 Å². The molecule has 1 aliphatic carbocycles. The zero-order chi connectivity index (χ0) is 24.2. The van der Waals surface area contributed by atoms with Crippen molar-refractivity contribution in [2.24, 2.45) is 23.7 Å². The van der Waals surface area contributed by atoms with Crippen molar-refractivity contribution in [3.05, 3.63) is 41.8 Å². The summed E-state index contributed by atoms with van der Waals surface area (Å²) in [6.45, 7) is 11.6. The predicted molar refractivity (Wildman–Crippen MR) is 132 cm³/mol. The van der Waals surface area contributed by atoms with Crippen LogP contribution in [0.25, 0.3) is 11.5 Å². The maximum absolute atomic E-state index is 11.4. The van der Waals surface area contributed by atoms with Gasteiger partial charge in [-0.05, 0) is 67.7 Å². The van der Waals surface area contributed by atoms with Crippen molar-refractivity contribution in [2.75, 3.05) is 26.7 Å². The van der Waals surface area contributed by atoms with Gasteiger partial charge in [-0.1, -0.05) is 25.5 Å². The molecule has 184 valence electrons. The van der Waals surface area contributed by atoms with Gasteiger partial charge in [-0.2, -0.15) is 0 Å². The average molecular weight is 467 g/mol. The second-order valence-corrected chi connectivity index (χ2v) is 10.3. The van der Waals surface area contributed by atoms with E-state index in [1.54, 1.807) is 14.0 Å². The fourth-order valence-corrected chi connectivity index (χ4v) is 5.58. The number of hydrogen-bond donors (Lipinski definition) is 1. The SMILES string of the molecule is COc1ccc(-c2nnc(CC3CC(C(C)C)C(CN4CCC(NC(C)=O)C4)C=C3C)o2)cc1. The van der Waals surface area contributed by atoms with Crippen LogP contribution in [0.1, 0.15) is 46.4 Å². The largest absolute Gasteiger partial charge is 0.497 e. The molecule has 0 saturated carbocycles. The molecule has 2 aromatic rings. The highest BCUT2D eigenvalue weighted by Gasteiger charge is 2.35. The first-order valence-electron chi connectivity index (χ1n) is 12.5. The molecule has 7 heteroatoms. The number of benzene rings is 1. The van der Waals surface area contributed by atoms with E-state index in [2.05, 4.69) is 47.3 Å². The minimum Gasteiger partial charge on any atom is -0.497 e. The number of nitrogens with one attached hydrogen (secondary N) is 1. The maximum Gasteiger partial charge on any atom is 0.247 e. The molecule has 2 aliphatic rings. The lowest BCUT2D eigenvalue weighted by Crippen LogP contribution is -2.39. The van der Waals surface area contributed by atoms with Crippen LogP contribution >= 0.6 is 0 Å². The molecule has 4 atom stereocenters. The van der Waals surface area contributed by atoms with Crippen molar-refractivity contribution in [1.29, 1.82) is 0 Å². The zero-order valence-electron chi connectivity index (χ0n) is 21.1. The van der Waals surface area contributed by atoms with Crippen molar-refractivity contribution >= 4 is 5.91 Å². The van der Waals surface area contributed by atoms with E-state index < -0.39 is 0 Å². The number of likely N-dealkylation sites (tertiary alicyclic amines) is 1. The minimum atomic E-state index is 0.0688. The van der Waals surface area contributed by atoms with E-state index in [1.165, 1.54) is 5.57 Å². The van der Waals surface area contributed by atoms with Crippen LogP contribution in [-0.2, 0) is 11.2 Å². The number of amides is 1. The highest BCUT2D eigenvalue weighted by molar-refractivity contribution is 5.73. The number of carbonyl (C=O) groups excluding carboxylic acids is 1. The molecule has 1 saturated heterocycles. The summed E-state index contributed by atoms with van der Waals surface area (Å²) in [6, 6.07) is 7.97. The van der Waals surface area contributed by atoms with E-state index in [0.29, 0.717) is 35.5 Å². The first-order chi connectivity index (χ1) is 16.3. The fourth-order valence-electron chi connectivity index (χ4n) is 5.58. The van der Waals surface area contributed by atoms with E-state index >= 15 is 0 Å². The van der Waals surface area contributed by atoms with Crippen molar-refractivity contribution in [3.8, 4) is 17.2 Å². The Labute approximate surface area is 203 Å². The van der Waals surface area contributed by atoms with Crippen molar-refractivity contribution in [3.63, 3.8) is 0 Å². The molecule has 34 heavy (non-hydrogen) atoms. The van der Waals surface area contributed by atoms with Gasteiger partial charge in [-0.15, -0.1) is 10.2 Å². The van der Waals surface area contributed by atoms with Gasteiger partial charge in [0.05, 0.1) is 7.11 Å². The van der Waals surface area contributed by atoms with Gasteiger partial charge in [-0.3, -0.25) is 4.79 Å².